The van der Waals surface area contributed by atoms with E-state index in [-0.39, 0.29) is 29.4 Å². The van der Waals surface area contributed by atoms with Crippen molar-refractivity contribution in [1.82, 2.24) is 14.7 Å². The highest BCUT2D eigenvalue weighted by Crippen LogP contribution is 2.36. The van der Waals surface area contributed by atoms with Gasteiger partial charge in [0.05, 0.1) is 19.7 Å². The molecule has 0 aromatic carbocycles. The number of hydrogen-bond acceptors (Lipinski definition) is 4. The minimum absolute atomic E-state index is 0.0363. The molecule has 2 amide bonds. The topological polar surface area (TPSA) is 53.1 Å². The van der Waals surface area contributed by atoms with Gasteiger partial charge < -0.3 is 14.5 Å². The van der Waals surface area contributed by atoms with E-state index in [1.54, 1.807) is 0 Å². The third-order valence-corrected chi connectivity index (χ3v) is 5.89. The molecule has 1 saturated carbocycles. The van der Waals surface area contributed by atoms with Crippen LogP contribution in [0.25, 0.3) is 0 Å². The number of carbonyl (C=O) groups is 2. The van der Waals surface area contributed by atoms with Crippen molar-refractivity contribution >= 4 is 11.8 Å². The number of rotatable bonds is 4. The van der Waals surface area contributed by atoms with Gasteiger partial charge in [-0.3, -0.25) is 14.5 Å². The first-order valence-corrected chi connectivity index (χ1v) is 9.43. The molecule has 4 aliphatic rings. The highest BCUT2D eigenvalue weighted by atomic mass is 16.5. The van der Waals surface area contributed by atoms with E-state index in [9.17, 15) is 9.59 Å². The maximum absolute atomic E-state index is 12.7. The number of ether oxygens (including phenoxy) is 1. The first-order chi connectivity index (χ1) is 11.5. The first kappa shape index (κ1) is 16.3. The SMILES string of the molecule is CC(C)C(=O)N1CC2(C1)CN(CC1CC1)[C@H](C(=O)N1CCC1)CO2. The molecule has 0 aromatic heterocycles. The summed E-state index contributed by atoms with van der Waals surface area (Å²) >= 11 is 0. The number of amides is 2. The smallest absolute Gasteiger partial charge is 0.242 e. The van der Waals surface area contributed by atoms with Crippen molar-refractivity contribution in [3.8, 4) is 0 Å². The lowest BCUT2D eigenvalue weighted by Crippen LogP contribution is -2.74. The number of hydrogen-bond donors (Lipinski definition) is 0. The summed E-state index contributed by atoms with van der Waals surface area (Å²) in [5, 5.41) is 0. The molecular weight excluding hydrogens is 306 g/mol. The summed E-state index contributed by atoms with van der Waals surface area (Å²) in [6.07, 6.45) is 3.69. The van der Waals surface area contributed by atoms with Crippen LogP contribution >= 0.6 is 0 Å². The molecule has 24 heavy (non-hydrogen) atoms. The van der Waals surface area contributed by atoms with E-state index in [0.29, 0.717) is 19.7 Å². The summed E-state index contributed by atoms with van der Waals surface area (Å²) in [6, 6.07) is -0.119. The van der Waals surface area contributed by atoms with Crippen LogP contribution in [-0.4, -0.2) is 84.0 Å². The molecule has 1 atom stereocenters. The van der Waals surface area contributed by atoms with Crippen LogP contribution in [0.4, 0.5) is 0 Å². The van der Waals surface area contributed by atoms with Crippen LogP contribution in [0.2, 0.25) is 0 Å². The molecule has 0 radical (unpaired) electrons. The van der Waals surface area contributed by atoms with Gasteiger partial charge in [0, 0.05) is 32.1 Å². The zero-order valence-electron chi connectivity index (χ0n) is 14.9. The molecule has 1 aliphatic carbocycles. The van der Waals surface area contributed by atoms with E-state index >= 15 is 0 Å². The van der Waals surface area contributed by atoms with Crippen molar-refractivity contribution in [2.24, 2.45) is 11.8 Å². The molecule has 0 aromatic rings. The summed E-state index contributed by atoms with van der Waals surface area (Å²) in [5.41, 5.74) is -0.245. The van der Waals surface area contributed by atoms with Gasteiger partial charge in [-0.2, -0.15) is 0 Å². The van der Waals surface area contributed by atoms with Crippen molar-refractivity contribution in [2.45, 2.75) is 44.8 Å². The highest BCUT2D eigenvalue weighted by molar-refractivity contribution is 5.83. The lowest BCUT2D eigenvalue weighted by molar-refractivity contribution is -0.208. The van der Waals surface area contributed by atoms with Crippen LogP contribution in [-0.2, 0) is 14.3 Å². The Morgan fingerprint density at radius 1 is 1.12 bits per heavy atom. The minimum Gasteiger partial charge on any atom is -0.368 e. The summed E-state index contributed by atoms with van der Waals surface area (Å²) in [6.45, 7) is 9.30. The largest absolute Gasteiger partial charge is 0.368 e. The second kappa shape index (κ2) is 5.99. The summed E-state index contributed by atoms with van der Waals surface area (Å²) in [5.74, 6) is 1.23. The van der Waals surface area contributed by atoms with Gasteiger partial charge >= 0.3 is 0 Å². The second-order valence-corrected chi connectivity index (χ2v) is 8.41. The fourth-order valence-corrected chi connectivity index (χ4v) is 4.05. The van der Waals surface area contributed by atoms with Crippen LogP contribution in [0.3, 0.4) is 0 Å². The molecule has 1 spiro atoms. The zero-order valence-corrected chi connectivity index (χ0v) is 14.9. The molecule has 4 fully saturated rings. The lowest BCUT2D eigenvalue weighted by atomic mass is 9.89. The molecule has 134 valence electrons. The highest BCUT2D eigenvalue weighted by Gasteiger charge is 2.53. The van der Waals surface area contributed by atoms with E-state index in [1.807, 2.05) is 23.6 Å². The predicted octanol–water partition coefficient (Wildman–Crippen LogP) is 0.567. The molecule has 6 nitrogen and oxygen atoms in total. The van der Waals surface area contributed by atoms with Crippen LogP contribution in [0.5, 0.6) is 0 Å². The van der Waals surface area contributed by atoms with Gasteiger partial charge in [0.1, 0.15) is 11.6 Å². The third kappa shape index (κ3) is 2.94. The van der Waals surface area contributed by atoms with E-state index in [1.165, 1.54) is 12.8 Å². The third-order valence-electron chi connectivity index (χ3n) is 5.89. The van der Waals surface area contributed by atoms with Crippen LogP contribution in [0.15, 0.2) is 0 Å². The monoisotopic (exact) mass is 335 g/mol. The molecule has 6 heteroatoms. The fourth-order valence-electron chi connectivity index (χ4n) is 4.05. The Kier molecular flexibility index (Phi) is 4.07. The Morgan fingerprint density at radius 2 is 1.83 bits per heavy atom. The van der Waals surface area contributed by atoms with Crippen molar-refractivity contribution in [3.63, 3.8) is 0 Å². The Bertz CT molecular complexity index is 522. The number of likely N-dealkylation sites (tertiary alicyclic amines) is 2. The number of carbonyl (C=O) groups excluding carboxylic acids is 2. The number of nitrogens with zero attached hydrogens (tertiary/aromatic N) is 3. The molecular formula is C18H29N3O3. The van der Waals surface area contributed by atoms with Crippen molar-refractivity contribution < 1.29 is 14.3 Å². The van der Waals surface area contributed by atoms with Gasteiger partial charge in [-0.05, 0) is 25.2 Å². The average Bonchev–Trinajstić information content (AvgIpc) is 3.25. The Morgan fingerprint density at radius 3 is 2.38 bits per heavy atom. The van der Waals surface area contributed by atoms with Gasteiger partial charge in [0.2, 0.25) is 11.8 Å². The Balaban J connectivity index is 1.40. The van der Waals surface area contributed by atoms with Crippen molar-refractivity contribution in [2.75, 3.05) is 45.9 Å². The van der Waals surface area contributed by atoms with Crippen molar-refractivity contribution in [3.05, 3.63) is 0 Å². The fraction of sp³-hybridized carbons (Fsp3) is 0.889. The molecule has 0 unspecified atom stereocenters. The maximum atomic E-state index is 12.7. The van der Waals surface area contributed by atoms with Gasteiger partial charge in [-0.15, -0.1) is 0 Å². The standard InChI is InChI=1S/C18H29N3O3/c1-13(2)16(22)21-11-18(12-21)10-20(8-14-4-5-14)15(9-24-18)17(23)19-6-3-7-19/h13-15H,3-12H2,1-2H3/t15-/m0/s1. The van der Waals surface area contributed by atoms with Crippen LogP contribution in [0.1, 0.15) is 33.1 Å². The molecule has 0 N–H and O–H groups in total. The Hall–Kier alpha value is -1.14. The zero-order chi connectivity index (χ0) is 16.9. The average molecular weight is 335 g/mol. The van der Waals surface area contributed by atoms with Crippen LogP contribution in [0, 0.1) is 11.8 Å². The molecule has 3 heterocycles. The van der Waals surface area contributed by atoms with E-state index in [0.717, 1.165) is 38.5 Å². The van der Waals surface area contributed by atoms with Gasteiger partial charge in [-0.1, -0.05) is 13.8 Å². The first-order valence-electron chi connectivity index (χ1n) is 9.43. The van der Waals surface area contributed by atoms with Gasteiger partial charge in [0.15, 0.2) is 0 Å². The van der Waals surface area contributed by atoms with Crippen LogP contribution < -0.4 is 0 Å². The molecule has 3 aliphatic heterocycles. The molecule has 4 rings (SSSR count). The summed E-state index contributed by atoms with van der Waals surface area (Å²) in [4.78, 5) is 31.1. The predicted molar refractivity (Wildman–Crippen MR) is 89.4 cm³/mol. The second-order valence-electron chi connectivity index (χ2n) is 8.41. The van der Waals surface area contributed by atoms with Crippen molar-refractivity contribution in [1.29, 1.82) is 0 Å². The van der Waals surface area contributed by atoms with E-state index in [2.05, 4.69) is 4.90 Å². The number of morpholine rings is 1. The van der Waals surface area contributed by atoms with Gasteiger partial charge in [-0.25, -0.2) is 0 Å². The van der Waals surface area contributed by atoms with E-state index in [4.69, 9.17) is 4.74 Å². The Labute approximate surface area is 144 Å². The maximum Gasteiger partial charge on any atom is 0.242 e. The van der Waals surface area contributed by atoms with Gasteiger partial charge in [0.25, 0.3) is 0 Å². The normalized spacial score (nSPS) is 29.5. The summed E-state index contributed by atoms with van der Waals surface area (Å²) in [7, 11) is 0. The molecule has 3 saturated heterocycles. The van der Waals surface area contributed by atoms with E-state index < -0.39 is 0 Å². The summed E-state index contributed by atoms with van der Waals surface area (Å²) < 4.78 is 6.16. The quantitative estimate of drug-likeness (QED) is 0.754. The minimum atomic E-state index is -0.245. The molecule has 0 bridgehead atoms. The lowest BCUT2D eigenvalue weighted by Gasteiger charge is -2.56.